The van der Waals surface area contributed by atoms with Crippen LogP contribution in [0.3, 0.4) is 0 Å². The zero-order valence-corrected chi connectivity index (χ0v) is 19.4. The van der Waals surface area contributed by atoms with Crippen LogP contribution in [0.5, 0.6) is 0 Å². The maximum Gasteiger partial charge on any atom is 0.410 e. The summed E-state index contributed by atoms with van der Waals surface area (Å²) in [6, 6.07) is 7.41. The molecule has 0 aromatic carbocycles. The fraction of sp³-hybridized carbons (Fsp3) is 0.318. The van der Waals surface area contributed by atoms with Crippen LogP contribution in [-0.2, 0) is 21.4 Å². The number of hydrogen-bond acceptors (Lipinski definition) is 6. The van der Waals surface area contributed by atoms with Gasteiger partial charge in [-0.2, -0.15) is 4.39 Å². The van der Waals surface area contributed by atoms with Gasteiger partial charge in [0, 0.05) is 42.4 Å². The van der Waals surface area contributed by atoms with E-state index in [0.717, 1.165) is 3.97 Å². The molecule has 0 aliphatic heterocycles. The van der Waals surface area contributed by atoms with E-state index in [1.54, 1.807) is 20.0 Å². The van der Waals surface area contributed by atoms with E-state index in [-0.39, 0.29) is 22.8 Å². The van der Waals surface area contributed by atoms with Crippen molar-refractivity contribution < 1.29 is 22.3 Å². The van der Waals surface area contributed by atoms with Gasteiger partial charge in [-0.3, -0.25) is 4.98 Å². The molecule has 170 valence electrons. The maximum absolute atomic E-state index is 14.4. The van der Waals surface area contributed by atoms with Gasteiger partial charge < -0.3 is 9.64 Å². The molecule has 3 aromatic heterocycles. The van der Waals surface area contributed by atoms with Gasteiger partial charge in [0.25, 0.3) is 10.0 Å². The number of carbonyl (C=O) groups is 1. The molecule has 0 spiro atoms. The number of ether oxygens (including phenoxy) is 1. The average Bonchev–Trinajstić information content (AvgIpc) is 3.16. The monoisotopic (exact) mass is 460 g/mol. The Kier molecular flexibility index (Phi) is 6.36. The molecule has 0 fully saturated rings. The van der Waals surface area contributed by atoms with Gasteiger partial charge in [-0.15, -0.1) is 0 Å². The lowest BCUT2D eigenvalue weighted by atomic mass is 10.1. The second kappa shape index (κ2) is 8.70. The number of amides is 1. The molecule has 3 heterocycles. The normalized spacial score (nSPS) is 11.9. The highest BCUT2D eigenvalue weighted by Gasteiger charge is 2.26. The minimum Gasteiger partial charge on any atom is -0.444 e. The van der Waals surface area contributed by atoms with E-state index in [0.29, 0.717) is 11.3 Å². The Morgan fingerprint density at radius 3 is 2.53 bits per heavy atom. The lowest BCUT2D eigenvalue weighted by Gasteiger charge is -2.30. The van der Waals surface area contributed by atoms with E-state index in [1.165, 1.54) is 47.8 Å². The Labute approximate surface area is 186 Å². The molecule has 32 heavy (non-hydrogen) atoms. The summed E-state index contributed by atoms with van der Waals surface area (Å²) < 4.78 is 47.3. The van der Waals surface area contributed by atoms with E-state index in [1.807, 2.05) is 20.8 Å². The molecule has 3 rings (SSSR count). The third kappa shape index (κ3) is 4.80. The summed E-state index contributed by atoms with van der Waals surface area (Å²) in [4.78, 5) is 21.4. The summed E-state index contributed by atoms with van der Waals surface area (Å²) in [5, 5.41) is 0. The Hall–Kier alpha value is -3.27. The van der Waals surface area contributed by atoms with Crippen molar-refractivity contribution in [3.8, 4) is 11.3 Å². The van der Waals surface area contributed by atoms with Crippen LogP contribution in [0.1, 0.15) is 32.0 Å². The maximum atomic E-state index is 14.4. The Morgan fingerprint density at radius 1 is 1.22 bits per heavy atom. The van der Waals surface area contributed by atoms with Crippen molar-refractivity contribution in [2.24, 2.45) is 0 Å². The van der Waals surface area contributed by atoms with Crippen LogP contribution in [-0.4, -0.2) is 45.9 Å². The fourth-order valence-corrected chi connectivity index (χ4v) is 4.12. The molecule has 0 atom stereocenters. The van der Waals surface area contributed by atoms with Crippen molar-refractivity contribution in [1.82, 2.24) is 18.8 Å². The molecule has 0 aliphatic carbocycles. The smallest absolute Gasteiger partial charge is 0.410 e. The molecule has 10 heteroatoms. The minimum absolute atomic E-state index is 0.000493. The van der Waals surface area contributed by atoms with Crippen molar-refractivity contribution >= 4 is 16.1 Å². The molecule has 8 nitrogen and oxygen atoms in total. The molecule has 1 amide bonds. The summed E-state index contributed by atoms with van der Waals surface area (Å²) in [6.45, 7) is 7.12. The van der Waals surface area contributed by atoms with E-state index in [9.17, 15) is 17.6 Å². The summed E-state index contributed by atoms with van der Waals surface area (Å²) in [7, 11) is -2.49. The molecule has 0 aliphatic rings. The summed E-state index contributed by atoms with van der Waals surface area (Å²) >= 11 is 0. The van der Waals surface area contributed by atoms with E-state index < -0.39 is 27.6 Å². The van der Waals surface area contributed by atoms with Gasteiger partial charge >= 0.3 is 6.09 Å². The van der Waals surface area contributed by atoms with Gasteiger partial charge in [0.1, 0.15) is 11.5 Å². The van der Waals surface area contributed by atoms with Crippen molar-refractivity contribution in [2.75, 3.05) is 7.05 Å². The van der Waals surface area contributed by atoms with Crippen molar-refractivity contribution in [3.05, 3.63) is 66.1 Å². The number of nitrogens with zero attached hydrogens (tertiary/aromatic N) is 4. The van der Waals surface area contributed by atoms with Crippen molar-refractivity contribution in [1.29, 1.82) is 0 Å². The molecule has 0 saturated carbocycles. The third-order valence-corrected chi connectivity index (χ3v) is 6.62. The molecular formula is C22H25FN4O4S. The van der Waals surface area contributed by atoms with Crippen LogP contribution in [0.15, 0.2) is 53.8 Å². The summed E-state index contributed by atoms with van der Waals surface area (Å²) in [6.07, 6.45) is 3.26. The van der Waals surface area contributed by atoms with Crippen LogP contribution in [0.25, 0.3) is 11.3 Å². The number of rotatable bonds is 5. The van der Waals surface area contributed by atoms with Gasteiger partial charge in [-0.25, -0.2) is 22.2 Å². The second-order valence-corrected chi connectivity index (χ2v) is 10.1. The van der Waals surface area contributed by atoms with Gasteiger partial charge in [0.05, 0.1) is 11.3 Å². The van der Waals surface area contributed by atoms with Crippen LogP contribution in [0, 0.1) is 12.9 Å². The van der Waals surface area contributed by atoms with E-state index in [2.05, 4.69) is 9.97 Å². The number of aryl methyl sites for hydroxylation is 1. The summed E-state index contributed by atoms with van der Waals surface area (Å²) in [5.74, 6) is -0.819. The van der Waals surface area contributed by atoms with Crippen LogP contribution in [0.2, 0.25) is 0 Å². The Morgan fingerprint density at radius 2 is 1.94 bits per heavy atom. The zero-order chi connectivity index (χ0) is 23.7. The topological polar surface area (TPSA) is 94.4 Å². The number of carbonyl (C=O) groups excluding carboxylic acids is 1. The highest BCUT2D eigenvalue weighted by molar-refractivity contribution is 7.90. The van der Waals surface area contributed by atoms with Crippen molar-refractivity contribution in [2.45, 2.75) is 44.7 Å². The van der Waals surface area contributed by atoms with Crippen LogP contribution in [0.4, 0.5) is 9.18 Å². The van der Waals surface area contributed by atoms with Gasteiger partial charge in [0.15, 0.2) is 0 Å². The quantitative estimate of drug-likeness (QED) is 0.534. The van der Waals surface area contributed by atoms with Gasteiger partial charge in [-0.1, -0.05) is 0 Å². The highest BCUT2D eigenvalue weighted by Crippen LogP contribution is 2.28. The number of aromatic nitrogens is 3. The number of hydrogen-bond donors (Lipinski definition) is 0. The SMILES string of the molecule is Cc1ccc(S(=O)(=O)n2cc(COC(=O)N(C)C(C)(C)C)cc2-c2cccnc2F)cn1. The van der Waals surface area contributed by atoms with Gasteiger partial charge in [-0.05, 0) is 58.0 Å². The van der Waals surface area contributed by atoms with Gasteiger partial charge in [0.2, 0.25) is 5.95 Å². The first-order chi connectivity index (χ1) is 14.9. The highest BCUT2D eigenvalue weighted by atomic mass is 32.2. The molecular weight excluding hydrogens is 435 g/mol. The van der Waals surface area contributed by atoms with Crippen molar-refractivity contribution in [3.63, 3.8) is 0 Å². The predicted octanol–water partition coefficient (Wildman–Crippen LogP) is 4.00. The molecule has 0 N–H and O–H groups in total. The summed E-state index contributed by atoms with van der Waals surface area (Å²) in [5.41, 5.74) is 0.648. The van der Waals surface area contributed by atoms with E-state index in [4.69, 9.17) is 4.74 Å². The first-order valence-electron chi connectivity index (χ1n) is 9.82. The van der Waals surface area contributed by atoms with Crippen LogP contribution < -0.4 is 0 Å². The molecule has 3 aromatic rings. The predicted molar refractivity (Wildman–Crippen MR) is 117 cm³/mol. The first kappa shape index (κ1) is 23.4. The first-order valence-corrected chi connectivity index (χ1v) is 11.3. The third-order valence-electron chi connectivity index (χ3n) is 4.96. The Balaban J connectivity index is 2.03. The average molecular weight is 461 g/mol. The lowest BCUT2D eigenvalue weighted by Crippen LogP contribution is -2.42. The fourth-order valence-electron chi connectivity index (χ4n) is 2.78. The molecule has 0 saturated heterocycles. The number of pyridine rings is 2. The zero-order valence-electron chi connectivity index (χ0n) is 18.5. The molecule has 0 unspecified atom stereocenters. The Bertz CT molecular complexity index is 1230. The van der Waals surface area contributed by atoms with Crippen LogP contribution >= 0.6 is 0 Å². The molecule has 0 bridgehead atoms. The standard InChI is InChI=1S/C22H25FN4O4S/c1-15-8-9-17(12-25-15)32(29,30)27-13-16(14-31-21(28)26(5)22(2,3)4)11-19(27)18-7-6-10-24-20(18)23/h6-13H,14H2,1-5H3. The minimum atomic E-state index is -4.10. The number of halogens is 1. The lowest BCUT2D eigenvalue weighted by molar-refractivity contribution is 0.0759. The second-order valence-electron chi connectivity index (χ2n) is 8.30. The largest absolute Gasteiger partial charge is 0.444 e. The molecule has 0 radical (unpaired) electrons. The van der Waals surface area contributed by atoms with E-state index >= 15 is 0 Å².